The zero-order valence-corrected chi connectivity index (χ0v) is 12.9. The Morgan fingerprint density at radius 2 is 1.83 bits per heavy atom. The molecule has 6 nitrogen and oxygen atoms in total. The number of aromatic hydroxyl groups is 1. The van der Waals surface area contributed by atoms with Crippen LogP contribution < -0.4 is 15.4 Å². The lowest BCUT2D eigenvalue weighted by Gasteiger charge is -2.17. The molecule has 2 amide bonds. The second kappa shape index (κ2) is 7.31. The third-order valence-corrected chi connectivity index (χ3v) is 3.01. The highest BCUT2D eigenvalue weighted by molar-refractivity contribution is 5.96. The standard InChI is InChI=1S/C17H18N2O4/c1-11(20)13-4-3-5-14(10-13)19-17(22)18-12(2)23-16-8-6-15(21)7-9-16/h3-10,12,21H,1-2H3,(H2,18,19,22). The number of urea groups is 1. The zero-order chi connectivity index (χ0) is 16.8. The monoisotopic (exact) mass is 314 g/mol. The maximum absolute atomic E-state index is 11.9. The highest BCUT2D eigenvalue weighted by Gasteiger charge is 2.09. The summed E-state index contributed by atoms with van der Waals surface area (Å²) in [6.07, 6.45) is -0.574. The second-order valence-electron chi connectivity index (χ2n) is 4.99. The van der Waals surface area contributed by atoms with Crippen LogP contribution in [0.15, 0.2) is 48.5 Å². The molecule has 0 aliphatic heterocycles. The number of rotatable bonds is 5. The SMILES string of the molecule is CC(=O)c1cccc(NC(=O)NC(C)Oc2ccc(O)cc2)c1. The first-order chi connectivity index (χ1) is 10.9. The van der Waals surface area contributed by atoms with Gasteiger partial charge in [-0.05, 0) is 50.2 Å². The Morgan fingerprint density at radius 3 is 2.48 bits per heavy atom. The van der Waals surface area contributed by atoms with E-state index in [-0.39, 0.29) is 11.5 Å². The minimum Gasteiger partial charge on any atom is -0.508 e. The third kappa shape index (κ3) is 5.03. The van der Waals surface area contributed by atoms with E-state index < -0.39 is 12.3 Å². The molecule has 1 atom stereocenters. The highest BCUT2D eigenvalue weighted by Crippen LogP contribution is 2.17. The summed E-state index contributed by atoms with van der Waals surface area (Å²) in [6.45, 7) is 3.14. The van der Waals surface area contributed by atoms with Crippen molar-refractivity contribution in [1.29, 1.82) is 0 Å². The van der Waals surface area contributed by atoms with Gasteiger partial charge in [0.1, 0.15) is 11.5 Å². The number of nitrogens with one attached hydrogen (secondary N) is 2. The topological polar surface area (TPSA) is 87.7 Å². The van der Waals surface area contributed by atoms with Crippen LogP contribution in [-0.4, -0.2) is 23.1 Å². The minimum atomic E-state index is -0.574. The van der Waals surface area contributed by atoms with E-state index in [1.807, 2.05) is 0 Å². The summed E-state index contributed by atoms with van der Waals surface area (Å²) in [5, 5.41) is 14.5. The predicted molar refractivity (Wildman–Crippen MR) is 86.8 cm³/mol. The summed E-state index contributed by atoms with van der Waals surface area (Å²) >= 11 is 0. The number of amides is 2. The van der Waals surface area contributed by atoms with E-state index in [4.69, 9.17) is 4.74 Å². The van der Waals surface area contributed by atoms with Crippen LogP contribution in [0.3, 0.4) is 0 Å². The first-order valence-electron chi connectivity index (χ1n) is 7.08. The molecule has 120 valence electrons. The number of ether oxygens (including phenoxy) is 1. The Balaban J connectivity index is 1.90. The molecule has 2 aromatic carbocycles. The van der Waals surface area contributed by atoms with Gasteiger partial charge < -0.3 is 20.5 Å². The smallest absolute Gasteiger partial charge is 0.322 e. The number of anilines is 1. The number of ketones is 1. The molecule has 0 aliphatic rings. The van der Waals surface area contributed by atoms with E-state index in [2.05, 4.69) is 10.6 Å². The summed E-state index contributed by atoms with van der Waals surface area (Å²) in [7, 11) is 0. The molecule has 0 heterocycles. The van der Waals surface area contributed by atoms with Crippen molar-refractivity contribution in [3.05, 3.63) is 54.1 Å². The summed E-state index contributed by atoms with van der Waals surface area (Å²) in [4.78, 5) is 23.2. The number of benzene rings is 2. The van der Waals surface area contributed by atoms with Gasteiger partial charge in [0.15, 0.2) is 12.0 Å². The average molecular weight is 314 g/mol. The Labute approximate surface area is 134 Å². The number of phenols is 1. The summed E-state index contributed by atoms with van der Waals surface area (Å²) in [5.41, 5.74) is 1.04. The van der Waals surface area contributed by atoms with Gasteiger partial charge in [0.25, 0.3) is 0 Å². The van der Waals surface area contributed by atoms with Gasteiger partial charge in [0, 0.05) is 11.3 Å². The summed E-state index contributed by atoms with van der Waals surface area (Å²) in [5.74, 6) is 0.591. The van der Waals surface area contributed by atoms with E-state index in [1.54, 1.807) is 43.3 Å². The van der Waals surface area contributed by atoms with Gasteiger partial charge in [0.2, 0.25) is 0 Å². The van der Waals surface area contributed by atoms with Crippen LogP contribution in [0.1, 0.15) is 24.2 Å². The molecule has 0 saturated carbocycles. The highest BCUT2D eigenvalue weighted by atomic mass is 16.5. The molecular formula is C17H18N2O4. The van der Waals surface area contributed by atoms with Crippen LogP contribution in [0.25, 0.3) is 0 Å². The number of Topliss-reactive ketones (excluding diaryl/α,β-unsaturated/α-hetero) is 1. The van der Waals surface area contributed by atoms with Crippen LogP contribution in [-0.2, 0) is 0 Å². The van der Waals surface area contributed by atoms with Gasteiger partial charge in [-0.1, -0.05) is 12.1 Å². The fourth-order valence-electron chi connectivity index (χ4n) is 1.93. The van der Waals surface area contributed by atoms with Crippen molar-refractivity contribution >= 4 is 17.5 Å². The lowest BCUT2D eigenvalue weighted by molar-refractivity contribution is 0.101. The molecule has 0 aromatic heterocycles. The van der Waals surface area contributed by atoms with Crippen LogP contribution in [0, 0.1) is 0 Å². The molecule has 0 radical (unpaired) electrons. The molecule has 2 rings (SSSR count). The number of hydrogen-bond donors (Lipinski definition) is 3. The minimum absolute atomic E-state index is 0.0712. The molecule has 0 aliphatic carbocycles. The summed E-state index contributed by atoms with van der Waals surface area (Å²) < 4.78 is 5.50. The Bertz CT molecular complexity index is 698. The molecule has 0 bridgehead atoms. The normalized spacial score (nSPS) is 11.4. The molecule has 0 fully saturated rings. The predicted octanol–water partition coefficient (Wildman–Crippen LogP) is 3.14. The first-order valence-corrected chi connectivity index (χ1v) is 7.08. The van der Waals surface area contributed by atoms with Crippen molar-refractivity contribution < 1.29 is 19.4 Å². The average Bonchev–Trinajstić information content (AvgIpc) is 2.49. The van der Waals surface area contributed by atoms with Crippen LogP contribution in [0.5, 0.6) is 11.5 Å². The van der Waals surface area contributed by atoms with Crippen molar-refractivity contribution in [1.82, 2.24) is 5.32 Å². The van der Waals surface area contributed by atoms with Gasteiger partial charge in [-0.25, -0.2) is 4.79 Å². The zero-order valence-electron chi connectivity index (χ0n) is 12.9. The van der Waals surface area contributed by atoms with Gasteiger partial charge in [-0.15, -0.1) is 0 Å². The van der Waals surface area contributed by atoms with Crippen molar-refractivity contribution in [2.24, 2.45) is 0 Å². The third-order valence-electron chi connectivity index (χ3n) is 3.01. The number of carbonyl (C=O) groups excluding carboxylic acids is 2. The number of hydrogen-bond acceptors (Lipinski definition) is 4. The van der Waals surface area contributed by atoms with E-state index in [0.717, 1.165) is 0 Å². The van der Waals surface area contributed by atoms with Gasteiger partial charge in [0.05, 0.1) is 0 Å². The Morgan fingerprint density at radius 1 is 1.13 bits per heavy atom. The van der Waals surface area contributed by atoms with Gasteiger partial charge in [-0.3, -0.25) is 4.79 Å². The Hall–Kier alpha value is -3.02. The fourth-order valence-corrected chi connectivity index (χ4v) is 1.93. The fraction of sp³-hybridized carbons (Fsp3) is 0.176. The second-order valence-corrected chi connectivity index (χ2v) is 4.99. The quantitative estimate of drug-likeness (QED) is 0.584. The molecule has 0 saturated heterocycles. The van der Waals surface area contributed by atoms with E-state index in [1.165, 1.54) is 19.1 Å². The van der Waals surface area contributed by atoms with Crippen molar-refractivity contribution in [3.63, 3.8) is 0 Å². The molecular weight excluding hydrogens is 296 g/mol. The molecule has 3 N–H and O–H groups in total. The van der Waals surface area contributed by atoms with Crippen LogP contribution >= 0.6 is 0 Å². The Kier molecular flexibility index (Phi) is 5.19. The molecule has 23 heavy (non-hydrogen) atoms. The summed E-state index contributed by atoms with van der Waals surface area (Å²) in [6, 6.07) is 12.4. The maximum atomic E-state index is 11.9. The van der Waals surface area contributed by atoms with E-state index in [0.29, 0.717) is 17.0 Å². The lowest BCUT2D eigenvalue weighted by Crippen LogP contribution is -2.39. The molecule has 0 spiro atoms. The van der Waals surface area contributed by atoms with Gasteiger partial charge >= 0.3 is 6.03 Å². The first kappa shape index (κ1) is 16.4. The van der Waals surface area contributed by atoms with Crippen molar-refractivity contribution in [3.8, 4) is 11.5 Å². The molecule has 1 unspecified atom stereocenters. The number of carbonyl (C=O) groups is 2. The van der Waals surface area contributed by atoms with Crippen molar-refractivity contribution in [2.45, 2.75) is 20.1 Å². The lowest BCUT2D eigenvalue weighted by atomic mass is 10.1. The van der Waals surface area contributed by atoms with E-state index in [9.17, 15) is 14.7 Å². The van der Waals surface area contributed by atoms with E-state index >= 15 is 0 Å². The largest absolute Gasteiger partial charge is 0.508 e. The van der Waals surface area contributed by atoms with Gasteiger partial charge in [-0.2, -0.15) is 0 Å². The molecule has 6 heteroatoms. The van der Waals surface area contributed by atoms with Crippen molar-refractivity contribution in [2.75, 3.05) is 5.32 Å². The van der Waals surface area contributed by atoms with Crippen LogP contribution in [0.4, 0.5) is 10.5 Å². The number of phenolic OH excluding ortho intramolecular Hbond substituents is 1. The molecule has 2 aromatic rings. The maximum Gasteiger partial charge on any atom is 0.322 e. The van der Waals surface area contributed by atoms with Crippen LogP contribution in [0.2, 0.25) is 0 Å².